The Morgan fingerprint density at radius 3 is 2.47 bits per heavy atom. The number of aliphatic hydroxyl groups excluding tert-OH is 2. The number of rotatable bonds is 1. The molecule has 1 unspecified atom stereocenters. The third-order valence-electron chi connectivity index (χ3n) is 7.25. The van der Waals surface area contributed by atoms with E-state index in [1.165, 1.54) is 19.3 Å². The number of hydrogen-bond acceptors (Lipinski definition) is 2. The lowest BCUT2D eigenvalue weighted by molar-refractivity contribution is -0.244. The van der Waals surface area contributed by atoms with E-state index >= 15 is 0 Å². The average molecular weight is 238 g/mol. The van der Waals surface area contributed by atoms with Gasteiger partial charge in [0, 0.05) is 5.41 Å². The summed E-state index contributed by atoms with van der Waals surface area (Å²) >= 11 is 0. The maximum Gasteiger partial charge on any atom is 0.0629 e. The Balaban J connectivity index is 2.11. The van der Waals surface area contributed by atoms with Crippen LogP contribution in [0.5, 0.6) is 0 Å². The van der Waals surface area contributed by atoms with Gasteiger partial charge in [0.05, 0.1) is 12.7 Å². The van der Waals surface area contributed by atoms with Gasteiger partial charge in [-0.05, 0) is 54.8 Å². The van der Waals surface area contributed by atoms with Crippen molar-refractivity contribution >= 4 is 0 Å². The van der Waals surface area contributed by atoms with Gasteiger partial charge in [-0.3, -0.25) is 0 Å². The van der Waals surface area contributed by atoms with Crippen LogP contribution in [0.1, 0.15) is 52.9 Å². The summed E-state index contributed by atoms with van der Waals surface area (Å²) in [7, 11) is 0. The summed E-state index contributed by atoms with van der Waals surface area (Å²) < 4.78 is 0. The van der Waals surface area contributed by atoms with Crippen LogP contribution in [0.15, 0.2) is 0 Å². The molecule has 5 atom stereocenters. The van der Waals surface area contributed by atoms with E-state index in [9.17, 15) is 10.2 Å². The third-order valence-corrected chi connectivity index (χ3v) is 7.25. The summed E-state index contributed by atoms with van der Waals surface area (Å²) in [6.45, 7) is 7.12. The summed E-state index contributed by atoms with van der Waals surface area (Å²) in [6, 6.07) is 0. The zero-order valence-corrected chi connectivity index (χ0v) is 11.4. The van der Waals surface area contributed by atoms with Crippen LogP contribution in [0.2, 0.25) is 0 Å². The molecule has 0 aromatic rings. The van der Waals surface area contributed by atoms with Crippen molar-refractivity contribution in [2.45, 2.75) is 59.0 Å². The van der Waals surface area contributed by atoms with E-state index in [1.54, 1.807) is 0 Å². The molecule has 4 aliphatic rings. The van der Waals surface area contributed by atoms with Gasteiger partial charge in [0.25, 0.3) is 0 Å². The second-order valence-corrected chi connectivity index (χ2v) is 7.52. The molecule has 98 valence electrons. The smallest absolute Gasteiger partial charge is 0.0629 e. The fourth-order valence-corrected chi connectivity index (χ4v) is 5.95. The first kappa shape index (κ1) is 12.0. The topological polar surface area (TPSA) is 40.5 Å². The third kappa shape index (κ3) is 1.10. The quantitative estimate of drug-likeness (QED) is 0.737. The molecule has 4 aliphatic carbocycles. The second-order valence-electron chi connectivity index (χ2n) is 7.52. The summed E-state index contributed by atoms with van der Waals surface area (Å²) in [5.41, 5.74) is 0.228. The van der Waals surface area contributed by atoms with Crippen LogP contribution < -0.4 is 0 Å². The van der Waals surface area contributed by atoms with Crippen LogP contribution in [-0.4, -0.2) is 22.9 Å². The van der Waals surface area contributed by atoms with Crippen LogP contribution in [0, 0.1) is 28.1 Å². The molecule has 0 aliphatic heterocycles. The predicted molar refractivity (Wildman–Crippen MR) is 67.5 cm³/mol. The molecule has 2 heteroatoms. The van der Waals surface area contributed by atoms with Crippen molar-refractivity contribution in [3.8, 4) is 0 Å². The minimum Gasteiger partial charge on any atom is -0.396 e. The highest BCUT2D eigenvalue weighted by atomic mass is 16.3. The van der Waals surface area contributed by atoms with Gasteiger partial charge >= 0.3 is 0 Å². The van der Waals surface area contributed by atoms with Gasteiger partial charge < -0.3 is 10.2 Å². The molecule has 2 nitrogen and oxygen atoms in total. The molecule has 0 heterocycles. The Hall–Kier alpha value is -0.0800. The highest BCUT2D eigenvalue weighted by molar-refractivity contribution is 5.18. The molecular formula is C15H26O2. The normalized spacial score (nSPS) is 55.9. The first-order valence-electron chi connectivity index (χ1n) is 7.20. The Kier molecular flexibility index (Phi) is 2.30. The summed E-state index contributed by atoms with van der Waals surface area (Å²) in [4.78, 5) is 0. The molecule has 1 spiro atoms. The first-order chi connectivity index (χ1) is 7.91. The Labute approximate surface area is 104 Å². The van der Waals surface area contributed by atoms with Crippen molar-refractivity contribution in [2.24, 2.45) is 28.1 Å². The van der Waals surface area contributed by atoms with Gasteiger partial charge in [-0.2, -0.15) is 0 Å². The molecule has 2 N–H and O–H groups in total. The highest BCUT2D eigenvalue weighted by Crippen LogP contribution is 2.73. The lowest BCUT2D eigenvalue weighted by Gasteiger charge is -2.67. The van der Waals surface area contributed by atoms with Crippen molar-refractivity contribution in [2.75, 3.05) is 6.61 Å². The second kappa shape index (κ2) is 3.27. The standard InChI is InChI=1S/C15H26O2/c1-10-4-5-11-13(2,3)15(9-16)7-6-14(10,11)8-12(15)17/h10-12,16-17H,4-9H2,1-3H3/t10-,11?,12+,14-,15-/m1/s1. The van der Waals surface area contributed by atoms with Crippen LogP contribution in [0.25, 0.3) is 0 Å². The zero-order chi connectivity index (χ0) is 12.5. The lowest BCUT2D eigenvalue weighted by atomic mass is 9.38. The average Bonchev–Trinajstić information content (AvgIpc) is 2.58. The Morgan fingerprint density at radius 1 is 1.18 bits per heavy atom. The molecule has 4 saturated carbocycles. The molecule has 0 saturated heterocycles. The van der Waals surface area contributed by atoms with E-state index in [4.69, 9.17) is 0 Å². The summed E-state index contributed by atoms with van der Waals surface area (Å²) in [5, 5.41) is 20.5. The van der Waals surface area contributed by atoms with E-state index in [0.717, 1.165) is 18.8 Å². The van der Waals surface area contributed by atoms with Gasteiger partial charge in [0.15, 0.2) is 0 Å². The summed E-state index contributed by atoms with van der Waals surface area (Å²) in [6.07, 6.45) is 5.47. The molecule has 0 aromatic carbocycles. The fourth-order valence-electron chi connectivity index (χ4n) is 5.95. The Bertz CT molecular complexity index is 338. The molecule has 0 aromatic heterocycles. The van der Waals surface area contributed by atoms with Crippen molar-refractivity contribution in [1.29, 1.82) is 0 Å². The minimum absolute atomic E-state index is 0.0857. The fraction of sp³-hybridized carbons (Fsp3) is 1.00. The van der Waals surface area contributed by atoms with Crippen molar-refractivity contribution in [3.63, 3.8) is 0 Å². The maximum absolute atomic E-state index is 10.6. The monoisotopic (exact) mass is 238 g/mol. The molecular weight excluding hydrogens is 212 g/mol. The van der Waals surface area contributed by atoms with Gasteiger partial charge in [-0.15, -0.1) is 0 Å². The van der Waals surface area contributed by atoms with E-state index in [2.05, 4.69) is 20.8 Å². The van der Waals surface area contributed by atoms with Crippen LogP contribution >= 0.6 is 0 Å². The number of hydrogen-bond donors (Lipinski definition) is 2. The van der Waals surface area contributed by atoms with Crippen LogP contribution in [0.3, 0.4) is 0 Å². The summed E-state index contributed by atoms with van der Waals surface area (Å²) in [5.74, 6) is 1.45. The van der Waals surface area contributed by atoms with E-state index in [0.29, 0.717) is 11.3 Å². The largest absolute Gasteiger partial charge is 0.396 e. The van der Waals surface area contributed by atoms with Crippen LogP contribution in [-0.2, 0) is 0 Å². The molecule has 17 heavy (non-hydrogen) atoms. The number of aliphatic hydroxyl groups is 2. The van der Waals surface area contributed by atoms with Crippen molar-refractivity contribution < 1.29 is 10.2 Å². The van der Waals surface area contributed by atoms with Crippen LogP contribution in [0.4, 0.5) is 0 Å². The molecule has 0 amide bonds. The zero-order valence-electron chi connectivity index (χ0n) is 11.4. The molecule has 4 rings (SSSR count). The van der Waals surface area contributed by atoms with Crippen molar-refractivity contribution in [3.05, 3.63) is 0 Å². The molecule has 2 bridgehead atoms. The highest BCUT2D eigenvalue weighted by Gasteiger charge is 2.70. The van der Waals surface area contributed by atoms with Gasteiger partial charge in [-0.25, -0.2) is 0 Å². The maximum atomic E-state index is 10.6. The van der Waals surface area contributed by atoms with E-state index < -0.39 is 0 Å². The van der Waals surface area contributed by atoms with E-state index in [-0.39, 0.29) is 23.5 Å². The van der Waals surface area contributed by atoms with Gasteiger partial charge in [-0.1, -0.05) is 20.8 Å². The molecule has 4 fully saturated rings. The first-order valence-corrected chi connectivity index (χ1v) is 7.20. The Morgan fingerprint density at radius 2 is 1.88 bits per heavy atom. The molecule has 0 radical (unpaired) electrons. The minimum atomic E-state index is -0.298. The van der Waals surface area contributed by atoms with Crippen molar-refractivity contribution in [1.82, 2.24) is 0 Å². The lowest BCUT2D eigenvalue weighted by Crippen LogP contribution is -2.66. The van der Waals surface area contributed by atoms with E-state index in [1.807, 2.05) is 0 Å². The predicted octanol–water partition coefficient (Wildman–Crippen LogP) is 2.58. The SMILES string of the molecule is C[C@@H]1CCC2C(C)(C)[C@@]3(CO)CC[C@]21C[C@@H]3O. The number of fused-ring (bicyclic) bond motifs is 2. The van der Waals surface area contributed by atoms with Gasteiger partial charge in [0.1, 0.15) is 0 Å². The van der Waals surface area contributed by atoms with Gasteiger partial charge in [0.2, 0.25) is 0 Å².